The molecule has 0 atom stereocenters. The summed E-state index contributed by atoms with van der Waals surface area (Å²) < 4.78 is 0. The van der Waals surface area contributed by atoms with Crippen molar-refractivity contribution in [1.29, 1.82) is 0 Å². The van der Waals surface area contributed by atoms with E-state index in [9.17, 15) is 0 Å². The molecule has 0 heterocycles. The van der Waals surface area contributed by atoms with Crippen molar-refractivity contribution < 1.29 is 0 Å². The molecule has 0 saturated carbocycles. The minimum Gasteiger partial charge on any atom is -0.0622 e. The Morgan fingerprint density at radius 2 is 1.19 bits per heavy atom. The van der Waals surface area contributed by atoms with Crippen LogP contribution in [0.25, 0.3) is 11.1 Å². The Bertz CT molecular complexity index is 1050. The molecular formula is C27H22. The molecule has 1 aliphatic carbocycles. The van der Waals surface area contributed by atoms with Crippen molar-refractivity contribution in [3.8, 4) is 11.1 Å². The van der Waals surface area contributed by atoms with E-state index in [1.807, 2.05) is 0 Å². The van der Waals surface area contributed by atoms with Gasteiger partial charge in [-0.1, -0.05) is 109 Å². The van der Waals surface area contributed by atoms with Crippen LogP contribution in [-0.4, -0.2) is 0 Å². The van der Waals surface area contributed by atoms with Gasteiger partial charge in [-0.2, -0.15) is 0 Å². The summed E-state index contributed by atoms with van der Waals surface area (Å²) in [5.41, 5.74) is 9.43. The third kappa shape index (κ3) is 2.44. The molecule has 0 nitrogen and oxygen atoms in total. The second kappa shape index (κ2) is 6.25. The Hall–Kier alpha value is -3.12. The van der Waals surface area contributed by atoms with Crippen LogP contribution >= 0.6 is 0 Å². The molecular weight excluding hydrogens is 324 g/mol. The van der Waals surface area contributed by atoms with Crippen molar-refractivity contribution in [3.63, 3.8) is 0 Å². The quantitative estimate of drug-likeness (QED) is 0.386. The maximum absolute atomic E-state index is 2.37. The van der Waals surface area contributed by atoms with E-state index in [1.54, 1.807) is 0 Å². The molecule has 0 heteroatoms. The minimum atomic E-state index is -0.167. The van der Waals surface area contributed by atoms with E-state index >= 15 is 0 Å². The predicted molar refractivity (Wildman–Crippen MR) is 113 cm³/mol. The van der Waals surface area contributed by atoms with Crippen LogP contribution < -0.4 is 0 Å². The minimum absolute atomic E-state index is 0.167. The lowest BCUT2D eigenvalue weighted by atomic mass is 9.61. The molecule has 4 aromatic carbocycles. The highest BCUT2D eigenvalue weighted by Gasteiger charge is 2.41. The third-order valence-corrected chi connectivity index (χ3v) is 5.93. The van der Waals surface area contributed by atoms with E-state index in [1.165, 1.54) is 38.9 Å². The van der Waals surface area contributed by atoms with Gasteiger partial charge in [0, 0.05) is 5.41 Å². The topological polar surface area (TPSA) is 0 Å². The van der Waals surface area contributed by atoms with E-state index in [0.29, 0.717) is 0 Å². The molecule has 0 saturated heterocycles. The molecule has 5 rings (SSSR count). The van der Waals surface area contributed by atoms with Crippen LogP contribution in [-0.2, 0) is 11.8 Å². The van der Waals surface area contributed by atoms with Crippen LogP contribution in [0.3, 0.4) is 0 Å². The van der Waals surface area contributed by atoms with Gasteiger partial charge >= 0.3 is 0 Å². The van der Waals surface area contributed by atoms with Crippen LogP contribution in [0.15, 0.2) is 103 Å². The standard InChI is InChI=1S/C27H22/c1-20-16-17-24-21(18-20)19-27(22-10-4-2-5-11-22,23-12-6-3-7-13-23)26-15-9-8-14-25(24)26/h2-18H,19H2,1H3. The Balaban J connectivity index is 1.90. The van der Waals surface area contributed by atoms with Gasteiger partial charge in [0.05, 0.1) is 0 Å². The smallest absolute Gasteiger partial charge is 0.0497 e. The first-order valence-corrected chi connectivity index (χ1v) is 9.59. The summed E-state index contributed by atoms with van der Waals surface area (Å²) >= 11 is 0. The summed E-state index contributed by atoms with van der Waals surface area (Å²) in [7, 11) is 0. The number of rotatable bonds is 2. The molecule has 0 aromatic heterocycles. The fraction of sp³-hybridized carbons (Fsp3) is 0.111. The van der Waals surface area contributed by atoms with Gasteiger partial charge in [0.15, 0.2) is 0 Å². The van der Waals surface area contributed by atoms with E-state index in [0.717, 1.165) is 6.42 Å². The van der Waals surface area contributed by atoms with Crippen LogP contribution in [0, 0.1) is 6.92 Å². The molecule has 0 spiro atoms. The fourth-order valence-electron chi connectivity index (χ4n) is 4.73. The molecule has 0 aliphatic heterocycles. The zero-order valence-electron chi connectivity index (χ0n) is 15.5. The first-order chi connectivity index (χ1) is 13.3. The zero-order valence-corrected chi connectivity index (χ0v) is 15.5. The van der Waals surface area contributed by atoms with E-state index < -0.39 is 0 Å². The predicted octanol–water partition coefficient (Wildman–Crippen LogP) is 6.55. The lowest BCUT2D eigenvalue weighted by Gasteiger charge is -2.41. The molecule has 0 radical (unpaired) electrons. The molecule has 0 N–H and O–H groups in total. The van der Waals surface area contributed by atoms with Crippen LogP contribution in [0.1, 0.15) is 27.8 Å². The van der Waals surface area contributed by atoms with Gasteiger partial charge in [-0.05, 0) is 46.7 Å². The van der Waals surface area contributed by atoms with Gasteiger partial charge in [-0.25, -0.2) is 0 Å². The fourth-order valence-corrected chi connectivity index (χ4v) is 4.73. The number of hydrogen-bond acceptors (Lipinski definition) is 0. The number of aryl methyl sites for hydroxylation is 1. The number of fused-ring (bicyclic) bond motifs is 3. The normalized spacial score (nSPS) is 14.3. The van der Waals surface area contributed by atoms with Gasteiger partial charge in [0.1, 0.15) is 0 Å². The summed E-state index contributed by atoms with van der Waals surface area (Å²) in [6.07, 6.45) is 0.981. The summed E-state index contributed by atoms with van der Waals surface area (Å²) in [4.78, 5) is 0. The molecule has 4 aromatic rings. The van der Waals surface area contributed by atoms with Crippen molar-refractivity contribution in [2.45, 2.75) is 18.8 Å². The highest BCUT2D eigenvalue weighted by molar-refractivity contribution is 5.78. The van der Waals surface area contributed by atoms with Gasteiger partial charge in [-0.15, -0.1) is 0 Å². The second-order valence-electron chi connectivity index (χ2n) is 7.52. The Morgan fingerprint density at radius 3 is 1.85 bits per heavy atom. The maximum Gasteiger partial charge on any atom is 0.0497 e. The van der Waals surface area contributed by atoms with Gasteiger partial charge in [0.25, 0.3) is 0 Å². The molecule has 0 amide bonds. The van der Waals surface area contributed by atoms with Gasteiger partial charge in [-0.3, -0.25) is 0 Å². The van der Waals surface area contributed by atoms with Crippen molar-refractivity contribution in [2.75, 3.05) is 0 Å². The average molecular weight is 346 g/mol. The largest absolute Gasteiger partial charge is 0.0622 e. The van der Waals surface area contributed by atoms with Gasteiger partial charge < -0.3 is 0 Å². The average Bonchev–Trinajstić information content (AvgIpc) is 2.74. The highest BCUT2D eigenvalue weighted by atomic mass is 14.4. The lowest BCUT2D eigenvalue weighted by Crippen LogP contribution is -2.35. The monoisotopic (exact) mass is 346 g/mol. The van der Waals surface area contributed by atoms with Crippen molar-refractivity contribution in [3.05, 3.63) is 131 Å². The Kier molecular flexibility index (Phi) is 3.72. The SMILES string of the molecule is Cc1ccc2c(c1)CC(c1ccccc1)(c1ccccc1)c1ccccc1-2. The van der Waals surface area contributed by atoms with Crippen molar-refractivity contribution in [1.82, 2.24) is 0 Å². The van der Waals surface area contributed by atoms with Crippen LogP contribution in [0.4, 0.5) is 0 Å². The third-order valence-electron chi connectivity index (χ3n) is 5.93. The molecule has 130 valence electrons. The number of benzene rings is 4. The van der Waals surface area contributed by atoms with Crippen LogP contribution in [0.2, 0.25) is 0 Å². The van der Waals surface area contributed by atoms with E-state index in [4.69, 9.17) is 0 Å². The van der Waals surface area contributed by atoms with Crippen LogP contribution in [0.5, 0.6) is 0 Å². The summed E-state index contributed by atoms with van der Waals surface area (Å²) in [5.74, 6) is 0. The summed E-state index contributed by atoms with van der Waals surface area (Å²) in [6, 6.07) is 37.8. The molecule has 0 fully saturated rings. The first kappa shape index (κ1) is 16.1. The molecule has 0 unspecified atom stereocenters. The molecule has 27 heavy (non-hydrogen) atoms. The molecule has 1 aliphatic rings. The summed E-state index contributed by atoms with van der Waals surface area (Å²) in [5, 5.41) is 0. The summed E-state index contributed by atoms with van der Waals surface area (Å²) in [6.45, 7) is 2.19. The lowest BCUT2D eigenvalue weighted by molar-refractivity contribution is 0.606. The molecule has 0 bridgehead atoms. The Morgan fingerprint density at radius 1 is 0.593 bits per heavy atom. The van der Waals surface area contributed by atoms with Crippen molar-refractivity contribution in [2.24, 2.45) is 0 Å². The second-order valence-corrected chi connectivity index (χ2v) is 7.52. The number of hydrogen-bond donors (Lipinski definition) is 0. The maximum atomic E-state index is 2.37. The van der Waals surface area contributed by atoms with Crippen molar-refractivity contribution >= 4 is 0 Å². The first-order valence-electron chi connectivity index (χ1n) is 9.59. The zero-order chi connectivity index (χ0) is 18.3. The van der Waals surface area contributed by atoms with Gasteiger partial charge in [0.2, 0.25) is 0 Å². The Labute approximate surface area is 161 Å². The highest BCUT2D eigenvalue weighted by Crippen LogP contribution is 2.50. The van der Waals surface area contributed by atoms with E-state index in [2.05, 4.69) is 110 Å². The van der Waals surface area contributed by atoms with E-state index in [-0.39, 0.29) is 5.41 Å².